The van der Waals surface area contributed by atoms with Crippen LogP contribution < -0.4 is 5.32 Å². The molecule has 1 aromatic carbocycles. The summed E-state index contributed by atoms with van der Waals surface area (Å²) in [5, 5.41) is 16.7. The van der Waals surface area contributed by atoms with Gasteiger partial charge in [0.2, 0.25) is 5.88 Å². The van der Waals surface area contributed by atoms with Crippen LogP contribution in [-0.2, 0) is 0 Å². The molecule has 3 rings (SSSR count). The Morgan fingerprint density at radius 2 is 2.00 bits per heavy atom. The Hall–Kier alpha value is -2.38. The number of piperazine rings is 1. The first-order valence-electron chi connectivity index (χ1n) is 8.06. The number of benzene rings is 1. The maximum atomic E-state index is 12.2. The summed E-state index contributed by atoms with van der Waals surface area (Å²) in [4.78, 5) is 16.1. The zero-order chi connectivity index (χ0) is 16.9. The van der Waals surface area contributed by atoms with Crippen LogP contribution >= 0.6 is 0 Å². The van der Waals surface area contributed by atoms with E-state index in [1.807, 2.05) is 30.3 Å². The van der Waals surface area contributed by atoms with Crippen LogP contribution in [0.1, 0.15) is 17.4 Å². The van der Waals surface area contributed by atoms with Gasteiger partial charge in [-0.3, -0.25) is 10.2 Å². The lowest BCUT2D eigenvalue weighted by Gasteiger charge is -2.35. The molecule has 1 aliphatic heterocycles. The minimum Gasteiger partial charge on any atom is -0.387 e. The number of amides is 2. The Balaban J connectivity index is 1.46. The second-order valence-corrected chi connectivity index (χ2v) is 5.98. The van der Waals surface area contributed by atoms with Crippen LogP contribution in [0.3, 0.4) is 0 Å². The summed E-state index contributed by atoms with van der Waals surface area (Å²) in [6.45, 7) is 5.05. The Labute approximate surface area is 140 Å². The van der Waals surface area contributed by atoms with E-state index < -0.39 is 6.10 Å². The average Bonchev–Trinajstić information content (AvgIpc) is 3.01. The lowest BCUT2D eigenvalue weighted by Crippen LogP contribution is -2.50. The molecular weight excluding hydrogens is 308 g/mol. The van der Waals surface area contributed by atoms with Crippen molar-refractivity contribution in [1.82, 2.24) is 15.0 Å². The Morgan fingerprint density at radius 1 is 1.29 bits per heavy atom. The topological polar surface area (TPSA) is 81.8 Å². The van der Waals surface area contributed by atoms with E-state index in [4.69, 9.17) is 4.52 Å². The number of carbonyl (C=O) groups excluding carboxylic acids is 1. The van der Waals surface area contributed by atoms with Gasteiger partial charge in [0, 0.05) is 38.8 Å². The third kappa shape index (κ3) is 4.12. The number of hydrogen-bond donors (Lipinski definition) is 2. The highest BCUT2D eigenvalue weighted by Crippen LogP contribution is 2.15. The molecular formula is C17H22N4O3. The van der Waals surface area contributed by atoms with Crippen molar-refractivity contribution in [3.05, 3.63) is 47.7 Å². The first-order valence-corrected chi connectivity index (χ1v) is 8.06. The SMILES string of the molecule is Cc1cc(NC(=O)N2CCN(C[C@@H](O)c3ccccc3)CC2)on1. The molecule has 1 aromatic heterocycles. The number of carbonyl (C=O) groups is 1. The molecule has 1 aliphatic rings. The molecule has 1 fully saturated rings. The fourth-order valence-corrected chi connectivity index (χ4v) is 2.77. The second-order valence-electron chi connectivity index (χ2n) is 5.98. The minimum atomic E-state index is -0.510. The first-order chi connectivity index (χ1) is 11.6. The monoisotopic (exact) mass is 330 g/mol. The van der Waals surface area contributed by atoms with Gasteiger partial charge in [-0.25, -0.2) is 4.79 Å². The van der Waals surface area contributed by atoms with Crippen molar-refractivity contribution in [2.45, 2.75) is 13.0 Å². The first kappa shape index (κ1) is 16.5. The minimum absolute atomic E-state index is 0.186. The Kier molecular flexibility index (Phi) is 5.12. The molecule has 2 N–H and O–H groups in total. The van der Waals surface area contributed by atoms with Crippen LogP contribution in [-0.4, -0.2) is 58.8 Å². The summed E-state index contributed by atoms with van der Waals surface area (Å²) in [7, 11) is 0. The number of β-amino-alcohol motifs (C(OH)–C–C–N with tert-alkyl or cyclic N) is 1. The van der Waals surface area contributed by atoms with E-state index in [2.05, 4.69) is 15.4 Å². The van der Waals surface area contributed by atoms with Crippen LogP contribution in [0.15, 0.2) is 40.9 Å². The largest absolute Gasteiger partial charge is 0.387 e. The molecule has 1 saturated heterocycles. The summed E-state index contributed by atoms with van der Waals surface area (Å²) in [6, 6.07) is 11.1. The van der Waals surface area contributed by atoms with Gasteiger partial charge in [-0.15, -0.1) is 0 Å². The fourth-order valence-electron chi connectivity index (χ4n) is 2.77. The molecule has 2 aromatic rings. The van der Waals surface area contributed by atoms with Gasteiger partial charge in [0.15, 0.2) is 0 Å². The highest BCUT2D eigenvalue weighted by atomic mass is 16.5. The number of urea groups is 1. The van der Waals surface area contributed by atoms with Gasteiger partial charge in [0.1, 0.15) is 0 Å². The number of anilines is 1. The van der Waals surface area contributed by atoms with Gasteiger partial charge in [-0.2, -0.15) is 0 Å². The van der Waals surface area contributed by atoms with E-state index in [1.54, 1.807) is 17.9 Å². The lowest BCUT2D eigenvalue weighted by atomic mass is 10.1. The molecule has 0 aliphatic carbocycles. The highest BCUT2D eigenvalue weighted by molar-refractivity contribution is 5.87. The lowest BCUT2D eigenvalue weighted by molar-refractivity contribution is 0.0830. The van der Waals surface area contributed by atoms with Crippen molar-refractivity contribution in [1.29, 1.82) is 0 Å². The molecule has 0 radical (unpaired) electrons. The molecule has 2 heterocycles. The summed E-state index contributed by atoms with van der Waals surface area (Å²) in [5.74, 6) is 0.361. The van der Waals surface area contributed by atoms with Crippen LogP contribution in [0.25, 0.3) is 0 Å². The molecule has 1 atom stereocenters. The fraction of sp³-hybridized carbons (Fsp3) is 0.412. The summed E-state index contributed by atoms with van der Waals surface area (Å²) in [5.41, 5.74) is 1.64. The standard InChI is InChI=1S/C17H22N4O3/c1-13-11-16(24-19-13)18-17(23)21-9-7-20(8-10-21)12-15(22)14-5-3-2-4-6-14/h2-6,11,15,22H,7-10,12H2,1H3,(H,18,23)/t15-/m1/s1. The molecule has 2 amide bonds. The summed E-state index contributed by atoms with van der Waals surface area (Å²) in [6.07, 6.45) is -0.510. The second kappa shape index (κ2) is 7.46. The van der Waals surface area contributed by atoms with Gasteiger partial charge >= 0.3 is 6.03 Å². The zero-order valence-electron chi connectivity index (χ0n) is 13.7. The van der Waals surface area contributed by atoms with Crippen LogP contribution in [0.2, 0.25) is 0 Å². The highest BCUT2D eigenvalue weighted by Gasteiger charge is 2.23. The van der Waals surface area contributed by atoms with Gasteiger partial charge in [-0.05, 0) is 12.5 Å². The molecule has 7 nitrogen and oxygen atoms in total. The molecule has 128 valence electrons. The van der Waals surface area contributed by atoms with Crippen molar-refractivity contribution in [3.8, 4) is 0 Å². The molecule has 0 bridgehead atoms. The molecule has 0 spiro atoms. The summed E-state index contributed by atoms with van der Waals surface area (Å²) < 4.78 is 5.00. The predicted molar refractivity (Wildman–Crippen MR) is 89.7 cm³/mol. The van der Waals surface area contributed by atoms with E-state index in [1.165, 1.54) is 0 Å². The van der Waals surface area contributed by atoms with Crippen LogP contribution in [0.5, 0.6) is 0 Å². The van der Waals surface area contributed by atoms with Crippen molar-refractivity contribution in [2.75, 3.05) is 38.0 Å². The maximum Gasteiger partial charge on any atom is 0.324 e. The van der Waals surface area contributed by atoms with Gasteiger partial charge in [0.05, 0.1) is 11.8 Å². The van der Waals surface area contributed by atoms with Crippen molar-refractivity contribution < 1.29 is 14.4 Å². The average molecular weight is 330 g/mol. The molecule has 0 saturated carbocycles. The third-order valence-electron chi connectivity index (χ3n) is 4.13. The van der Waals surface area contributed by atoms with E-state index in [-0.39, 0.29) is 6.03 Å². The molecule has 7 heteroatoms. The van der Waals surface area contributed by atoms with Crippen molar-refractivity contribution >= 4 is 11.9 Å². The number of nitrogens with zero attached hydrogens (tertiary/aromatic N) is 3. The van der Waals surface area contributed by atoms with Gasteiger partial charge in [-0.1, -0.05) is 35.5 Å². The van der Waals surface area contributed by atoms with E-state index in [9.17, 15) is 9.90 Å². The Morgan fingerprint density at radius 3 is 2.62 bits per heavy atom. The van der Waals surface area contributed by atoms with Crippen molar-refractivity contribution in [3.63, 3.8) is 0 Å². The summed E-state index contributed by atoms with van der Waals surface area (Å²) >= 11 is 0. The number of rotatable bonds is 4. The van der Waals surface area contributed by atoms with Crippen molar-refractivity contribution in [2.24, 2.45) is 0 Å². The number of aromatic nitrogens is 1. The zero-order valence-corrected chi connectivity index (χ0v) is 13.7. The number of hydrogen-bond acceptors (Lipinski definition) is 5. The normalized spacial score (nSPS) is 16.8. The third-order valence-corrected chi connectivity index (χ3v) is 4.13. The molecule has 0 unspecified atom stereocenters. The smallest absolute Gasteiger partial charge is 0.324 e. The number of nitrogens with one attached hydrogen (secondary N) is 1. The number of aliphatic hydroxyl groups excluding tert-OH is 1. The number of aryl methyl sites for hydroxylation is 1. The van der Waals surface area contributed by atoms with Crippen LogP contribution in [0, 0.1) is 6.92 Å². The number of aliphatic hydroxyl groups is 1. The van der Waals surface area contributed by atoms with Crippen LogP contribution in [0.4, 0.5) is 10.7 Å². The quantitative estimate of drug-likeness (QED) is 0.894. The van der Waals surface area contributed by atoms with E-state index in [0.717, 1.165) is 24.3 Å². The van der Waals surface area contributed by atoms with E-state index in [0.29, 0.717) is 25.5 Å². The van der Waals surface area contributed by atoms with Gasteiger partial charge < -0.3 is 14.5 Å². The van der Waals surface area contributed by atoms with Gasteiger partial charge in [0.25, 0.3) is 0 Å². The predicted octanol–water partition coefficient (Wildman–Crippen LogP) is 1.87. The Bertz CT molecular complexity index is 665. The van der Waals surface area contributed by atoms with E-state index >= 15 is 0 Å². The maximum absolute atomic E-state index is 12.2. The molecule has 24 heavy (non-hydrogen) atoms.